The summed E-state index contributed by atoms with van der Waals surface area (Å²) < 4.78 is 31.7. The number of carbonyl (C=O) groups is 3. The predicted molar refractivity (Wildman–Crippen MR) is 131 cm³/mol. The number of halogens is 3. The zero-order chi connectivity index (χ0) is 26.9. The minimum atomic E-state index is -5.08. The first kappa shape index (κ1) is 28.4. The quantitative estimate of drug-likeness (QED) is 0.442. The van der Waals surface area contributed by atoms with Gasteiger partial charge >= 0.3 is 18.1 Å². The molecule has 0 aromatic heterocycles. The number of benzene rings is 2. The van der Waals surface area contributed by atoms with Gasteiger partial charge in [0.15, 0.2) is 0 Å². The second kappa shape index (κ2) is 12.8. The number of alkyl halides is 3. The van der Waals surface area contributed by atoms with E-state index in [1.165, 1.54) is 16.7 Å². The molecule has 3 N–H and O–H groups in total. The summed E-state index contributed by atoms with van der Waals surface area (Å²) in [6.45, 7) is 5.55. The third-order valence-electron chi connectivity index (χ3n) is 5.55. The third-order valence-corrected chi connectivity index (χ3v) is 5.55. The fraction of sp³-hybridized carbons (Fsp3) is 0.346. The standard InChI is InChI=1S/C24H28N2O3.C2HF3O2/c1-3-4-9-23(27)25-19-10-11-22(21(16-19)24(28)29)26-14-12-18(13-15-26)20-8-6-5-7-17(20)2;3-2(4,5)1(6)7/h5-8,10-12,16H,3-4,9,13-15H2,1-2H3,(H,25,27)(H,28,29);(H,6,7). The molecule has 1 amide bonds. The summed E-state index contributed by atoms with van der Waals surface area (Å²) in [5.41, 5.74) is 5.24. The lowest BCUT2D eigenvalue weighted by molar-refractivity contribution is -0.192. The van der Waals surface area contributed by atoms with Crippen LogP contribution in [0.4, 0.5) is 24.5 Å². The maximum atomic E-state index is 12.0. The Bertz CT molecular complexity index is 1130. The number of amides is 1. The lowest BCUT2D eigenvalue weighted by atomic mass is 9.95. The number of nitrogens with one attached hydrogen (secondary N) is 1. The van der Waals surface area contributed by atoms with Gasteiger partial charge in [0.25, 0.3) is 0 Å². The molecule has 0 saturated heterocycles. The van der Waals surface area contributed by atoms with Gasteiger partial charge in [-0.25, -0.2) is 9.59 Å². The zero-order valence-electron chi connectivity index (χ0n) is 20.1. The number of aryl methyl sites for hydroxylation is 1. The average Bonchev–Trinajstić information content (AvgIpc) is 2.83. The summed E-state index contributed by atoms with van der Waals surface area (Å²) in [7, 11) is 0. The lowest BCUT2D eigenvalue weighted by Gasteiger charge is -2.30. The Morgan fingerprint density at radius 1 is 1.08 bits per heavy atom. The van der Waals surface area contributed by atoms with Crippen molar-refractivity contribution in [3.05, 3.63) is 65.2 Å². The first-order valence-electron chi connectivity index (χ1n) is 11.4. The number of carboxylic acids is 2. The van der Waals surface area contributed by atoms with Gasteiger partial charge in [-0.05, 0) is 54.7 Å². The molecule has 0 radical (unpaired) electrons. The molecule has 2 aromatic rings. The topological polar surface area (TPSA) is 107 Å². The first-order valence-corrected chi connectivity index (χ1v) is 11.4. The number of aromatic carboxylic acids is 1. The molecule has 0 spiro atoms. The fourth-order valence-electron chi connectivity index (χ4n) is 3.69. The number of carboxylic acid groups (broad SMARTS) is 2. The highest BCUT2D eigenvalue weighted by Crippen LogP contribution is 2.30. The summed E-state index contributed by atoms with van der Waals surface area (Å²) in [6, 6.07) is 13.5. The molecular weight excluding hydrogens is 477 g/mol. The summed E-state index contributed by atoms with van der Waals surface area (Å²) in [5, 5.41) is 19.6. The van der Waals surface area contributed by atoms with Crippen LogP contribution in [0.1, 0.15) is 54.1 Å². The van der Waals surface area contributed by atoms with E-state index < -0.39 is 18.1 Å². The monoisotopic (exact) mass is 506 g/mol. The third kappa shape index (κ3) is 8.14. The van der Waals surface area contributed by atoms with Gasteiger partial charge in [-0.15, -0.1) is 0 Å². The number of hydrogen-bond donors (Lipinski definition) is 3. The van der Waals surface area contributed by atoms with Crippen molar-refractivity contribution in [1.82, 2.24) is 0 Å². The Balaban J connectivity index is 0.000000572. The van der Waals surface area contributed by atoms with Crippen molar-refractivity contribution in [2.24, 2.45) is 0 Å². The van der Waals surface area contributed by atoms with Crippen molar-refractivity contribution < 1.29 is 37.8 Å². The van der Waals surface area contributed by atoms with Gasteiger partial charge in [-0.3, -0.25) is 4.79 Å². The molecule has 2 aromatic carbocycles. The molecule has 1 aliphatic rings. The van der Waals surface area contributed by atoms with E-state index in [4.69, 9.17) is 9.90 Å². The molecule has 0 saturated carbocycles. The van der Waals surface area contributed by atoms with Crippen LogP contribution in [0.5, 0.6) is 0 Å². The number of nitrogens with zero attached hydrogens (tertiary/aromatic N) is 1. The SMILES string of the molecule is CCCCC(=O)Nc1ccc(N2CC=C(c3ccccc3C)CC2)c(C(=O)O)c1.O=C(O)C(F)(F)F. The Hall–Kier alpha value is -3.82. The van der Waals surface area contributed by atoms with Gasteiger partial charge in [0, 0.05) is 25.2 Å². The van der Waals surface area contributed by atoms with Crippen LogP contribution in [-0.4, -0.2) is 47.3 Å². The number of rotatable bonds is 7. The minimum Gasteiger partial charge on any atom is -0.478 e. The molecule has 1 aliphatic heterocycles. The summed E-state index contributed by atoms with van der Waals surface area (Å²) in [6.07, 6.45) is 0.162. The number of unbranched alkanes of at least 4 members (excludes halogenated alkanes) is 1. The molecule has 1 heterocycles. The van der Waals surface area contributed by atoms with Gasteiger partial charge in [-0.2, -0.15) is 13.2 Å². The molecule has 7 nitrogen and oxygen atoms in total. The highest BCUT2D eigenvalue weighted by Gasteiger charge is 2.38. The van der Waals surface area contributed by atoms with Gasteiger partial charge in [0.2, 0.25) is 5.91 Å². The van der Waals surface area contributed by atoms with E-state index in [9.17, 15) is 27.9 Å². The van der Waals surface area contributed by atoms with Crippen molar-refractivity contribution in [2.75, 3.05) is 23.3 Å². The molecule has 0 fully saturated rings. The van der Waals surface area contributed by atoms with Crippen molar-refractivity contribution in [1.29, 1.82) is 0 Å². The zero-order valence-corrected chi connectivity index (χ0v) is 20.1. The number of aliphatic carboxylic acids is 1. The fourth-order valence-corrected chi connectivity index (χ4v) is 3.69. The molecule has 0 aliphatic carbocycles. The van der Waals surface area contributed by atoms with Crippen LogP contribution < -0.4 is 10.2 Å². The van der Waals surface area contributed by atoms with Crippen LogP contribution in [0.15, 0.2) is 48.5 Å². The van der Waals surface area contributed by atoms with Gasteiger partial charge < -0.3 is 20.4 Å². The van der Waals surface area contributed by atoms with E-state index in [2.05, 4.69) is 35.3 Å². The van der Waals surface area contributed by atoms with Gasteiger partial charge in [0.1, 0.15) is 0 Å². The molecule has 0 unspecified atom stereocenters. The summed E-state index contributed by atoms with van der Waals surface area (Å²) in [4.78, 5) is 34.8. The van der Waals surface area contributed by atoms with Gasteiger partial charge in [0.05, 0.1) is 11.3 Å². The molecule has 3 rings (SSSR count). The minimum absolute atomic E-state index is 0.0836. The van der Waals surface area contributed by atoms with Crippen LogP contribution in [0.3, 0.4) is 0 Å². The molecule has 36 heavy (non-hydrogen) atoms. The van der Waals surface area contributed by atoms with E-state index in [-0.39, 0.29) is 11.5 Å². The summed E-state index contributed by atoms with van der Waals surface area (Å²) >= 11 is 0. The van der Waals surface area contributed by atoms with Gasteiger partial charge in [-0.1, -0.05) is 43.7 Å². The van der Waals surface area contributed by atoms with Crippen LogP contribution in [0.25, 0.3) is 5.57 Å². The van der Waals surface area contributed by atoms with E-state index in [1.807, 2.05) is 19.1 Å². The summed E-state index contributed by atoms with van der Waals surface area (Å²) in [5.74, 6) is -3.83. The molecule has 0 atom stereocenters. The maximum absolute atomic E-state index is 12.0. The van der Waals surface area contributed by atoms with Crippen molar-refractivity contribution in [3.8, 4) is 0 Å². The number of hydrogen-bond acceptors (Lipinski definition) is 4. The maximum Gasteiger partial charge on any atom is 0.490 e. The Morgan fingerprint density at radius 2 is 1.75 bits per heavy atom. The second-order valence-electron chi connectivity index (χ2n) is 8.23. The molecule has 0 bridgehead atoms. The largest absolute Gasteiger partial charge is 0.490 e. The molecule has 10 heteroatoms. The highest BCUT2D eigenvalue weighted by atomic mass is 19.4. The molecular formula is C26H29F3N2O5. The van der Waals surface area contributed by atoms with Crippen LogP contribution >= 0.6 is 0 Å². The van der Waals surface area contributed by atoms with Crippen molar-refractivity contribution in [3.63, 3.8) is 0 Å². The van der Waals surface area contributed by atoms with E-state index in [1.54, 1.807) is 18.2 Å². The average molecular weight is 507 g/mol. The normalized spacial score (nSPS) is 13.2. The van der Waals surface area contributed by atoms with E-state index in [0.717, 1.165) is 25.8 Å². The Kier molecular flexibility index (Phi) is 10.1. The van der Waals surface area contributed by atoms with E-state index >= 15 is 0 Å². The number of carbonyl (C=O) groups excluding carboxylic acids is 1. The first-order chi connectivity index (χ1) is 16.9. The second-order valence-corrected chi connectivity index (χ2v) is 8.23. The van der Waals surface area contributed by atoms with Crippen molar-refractivity contribution in [2.45, 2.75) is 45.7 Å². The predicted octanol–water partition coefficient (Wildman–Crippen LogP) is 5.75. The van der Waals surface area contributed by atoms with Crippen LogP contribution in [-0.2, 0) is 9.59 Å². The molecule has 194 valence electrons. The smallest absolute Gasteiger partial charge is 0.478 e. The Morgan fingerprint density at radius 3 is 2.28 bits per heavy atom. The van der Waals surface area contributed by atoms with E-state index in [0.29, 0.717) is 24.3 Å². The van der Waals surface area contributed by atoms with Crippen molar-refractivity contribution >= 4 is 34.8 Å². The van der Waals surface area contributed by atoms with Crippen LogP contribution in [0, 0.1) is 6.92 Å². The Labute approximate surface area is 207 Å². The lowest BCUT2D eigenvalue weighted by Crippen LogP contribution is -2.30. The highest BCUT2D eigenvalue weighted by molar-refractivity contribution is 5.98. The van der Waals surface area contributed by atoms with Crippen LogP contribution in [0.2, 0.25) is 0 Å². The number of anilines is 2.